The standard InChI is InChI=1S/C18H17N5O2/c1-11-2-7-14(24)10-15(11)22-16-8-9-20-18(23-16)21-13-5-3-12(4-6-13)17(19)25/h2-10,24H,1H3,(H2,19,25)(H2,20,21,22,23). The van der Waals surface area contributed by atoms with Crippen molar-refractivity contribution in [3.8, 4) is 5.75 Å². The summed E-state index contributed by atoms with van der Waals surface area (Å²) in [6, 6.07) is 13.5. The van der Waals surface area contributed by atoms with Crippen molar-refractivity contribution in [1.82, 2.24) is 9.97 Å². The number of primary amides is 1. The van der Waals surface area contributed by atoms with Crippen molar-refractivity contribution in [3.63, 3.8) is 0 Å². The van der Waals surface area contributed by atoms with Crippen LogP contribution < -0.4 is 16.4 Å². The highest BCUT2D eigenvalue weighted by Crippen LogP contribution is 2.24. The molecule has 0 spiro atoms. The highest BCUT2D eigenvalue weighted by atomic mass is 16.3. The lowest BCUT2D eigenvalue weighted by Crippen LogP contribution is -2.10. The van der Waals surface area contributed by atoms with Gasteiger partial charge in [0.05, 0.1) is 0 Å². The average molecular weight is 335 g/mol. The highest BCUT2D eigenvalue weighted by Gasteiger charge is 2.05. The molecule has 0 saturated heterocycles. The molecule has 2 aromatic carbocycles. The van der Waals surface area contributed by atoms with Crippen LogP contribution in [0.25, 0.3) is 0 Å². The number of aromatic hydroxyl groups is 1. The van der Waals surface area contributed by atoms with Gasteiger partial charge in [-0.25, -0.2) is 4.98 Å². The number of phenols is 1. The molecule has 1 heterocycles. The van der Waals surface area contributed by atoms with Gasteiger partial charge < -0.3 is 21.5 Å². The molecule has 0 aliphatic carbocycles. The Morgan fingerprint density at radius 1 is 1.08 bits per heavy atom. The van der Waals surface area contributed by atoms with Gasteiger partial charge in [0.1, 0.15) is 11.6 Å². The number of carbonyl (C=O) groups excluding carboxylic acids is 1. The van der Waals surface area contributed by atoms with Gasteiger partial charge in [0.25, 0.3) is 0 Å². The third-order valence-electron chi connectivity index (χ3n) is 3.57. The van der Waals surface area contributed by atoms with Crippen LogP contribution in [0.1, 0.15) is 15.9 Å². The minimum Gasteiger partial charge on any atom is -0.508 e. The first kappa shape index (κ1) is 16.3. The van der Waals surface area contributed by atoms with E-state index in [2.05, 4.69) is 20.6 Å². The summed E-state index contributed by atoms with van der Waals surface area (Å²) >= 11 is 0. The number of anilines is 4. The Morgan fingerprint density at radius 2 is 1.84 bits per heavy atom. The van der Waals surface area contributed by atoms with Gasteiger partial charge in [0.15, 0.2) is 0 Å². The zero-order valence-electron chi connectivity index (χ0n) is 13.5. The van der Waals surface area contributed by atoms with Gasteiger partial charge in [0, 0.05) is 29.2 Å². The summed E-state index contributed by atoms with van der Waals surface area (Å²) in [6.45, 7) is 1.93. The number of nitrogens with one attached hydrogen (secondary N) is 2. The number of nitrogens with two attached hydrogens (primary N) is 1. The third kappa shape index (κ3) is 4.03. The fraction of sp³-hybridized carbons (Fsp3) is 0.0556. The van der Waals surface area contributed by atoms with Crippen molar-refractivity contribution >= 4 is 29.0 Å². The second-order valence-corrected chi connectivity index (χ2v) is 5.46. The van der Waals surface area contributed by atoms with Crippen LogP contribution in [0, 0.1) is 6.92 Å². The van der Waals surface area contributed by atoms with Crippen LogP contribution >= 0.6 is 0 Å². The third-order valence-corrected chi connectivity index (χ3v) is 3.57. The number of aryl methyl sites for hydroxylation is 1. The predicted octanol–water partition coefficient (Wildman–Crippen LogP) is 3.08. The minimum atomic E-state index is -0.476. The second-order valence-electron chi connectivity index (χ2n) is 5.46. The van der Waals surface area contributed by atoms with Gasteiger partial charge in [-0.05, 0) is 48.9 Å². The summed E-state index contributed by atoms with van der Waals surface area (Å²) in [5, 5.41) is 15.8. The molecule has 0 radical (unpaired) electrons. The van der Waals surface area contributed by atoms with Gasteiger partial charge in [-0.2, -0.15) is 4.98 Å². The molecule has 0 atom stereocenters. The molecule has 1 aromatic heterocycles. The first-order chi connectivity index (χ1) is 12.0. The number of rotatable bonds is 5. The number of amides is 1. The molecule has 0 aliphatic rings. The van der Waals surface area contributed by atoms with Crippen molar-refractivity contribution < 1.29 is 9.90 Å². The Morgan fingerprint density at radius 3 is 2.56 bits per heavy atom. The van der Waals surface area contributed by atoms with Crippen LogP contribution in [0.15, 0.2) is 54.7 Å². The Hall–Kier alpha value is -3.61. The molecule has 0 unspecified atom stereocenters. The van der Waals surface area contributed by atoms with E-state index in [-0.39, 0.29) is 5.75 Å². The molecule has 3 rings (SSSR count). The predicted molar refractivity (Wildman–Crippen MR) is 96.4 cm³/mol. The lowest BCUT2D eigenvalue weighted by molar-refractivity contribution is 0.100. The zero-order valence-corrected chi connectivity index (χ0v) is 13.5. The molecule has 7 heteroatoms. The molecule has 1 amide bonds. The number of carbonyl (C=O) groups is 1. The summed E-state index contributed by atoms with van der Waals surface area (Å²) in [7, 11) is 0. The molecule has 0 saturated carbocycles. The second kappa shape index (κ2) is 6.88. The fourth-order valence-electron chi connectivity index (χ4n) is 2.22. The molecule has 0 bridgehead atoms. The molecule has 5 N–H and O–H groups in total. The van der Waals surface area contributed by atoms with Crippen molar-refractivity contribution in [2.75, 3.05) is 10.6 Å². The van der Waals surface area contributed by atoms with Gasteiger partial charge >= 0.3 is 0 Å². The van der Waals surface area contributed by atoms with E-state index >= 15 is 0 Å². The van der Waals surface area contributed by atoms with Gasteiger partial charge in [-0.15, -0.1) is 0 Å². The lowest BCUT2D eigenvalue weighted by atomic mass is 10.2. The van der Waals surface area contributed by atoms with Crippen molar-refractivity contribution in [2.45, 2.75) is 6.92 Å². The van der Waals surface area contributed by atoms with Crippen molar-refractivity contribution in [3.05, 3.63) is 65.9 Å². The Labute approximate surface area is 144 Å². The number of hydrogen-bond donors (Lipinski definition) is 4. The number of phenolic OH excluding ortho intramolecular Hbond substituents is 1. The summed E-state index contributed by atoms with van der Waals surface area (Å²) in [5.41, 5.74) is 8.13. The first-order valence-electron chi connectivity index (χ1n) is 7.58. The van der Waals surface area contributed by atoms with Gasteiger partial charge in [0.2, 0.25) is 11.9 Å². The quantitative estimate of drug-likeness (QED) is 0.570. The number of nitrogens with zero attached hydrogens (tertiary/aromatic N) is 2. The van der Waals surface area contributed by atoms with E-state index in [0.29, 0.717) is 17.3 Å². The van der Waals surface area contributed by atoms with Crippen LogP contribution in [0.2, 0.25) is 0 Å². The Balaban J connectivity index is 1.77. The summed E-state index contributed by atoms with van der Waals surface area (Å²) in [5.74, 6) is 0.681. The summed E-state index contributed by atoms with van der Waals surface area (Å²) < 4.78 is 0. The Bertz CT molecular complexity index is 910. The van der Waals surface area contributed by atoms with E-state index in [4.69, 9.17) is 5.73 Å². The largest absolute Gasteiger partial charge is 0.508 e. The topological polar surface area (TPSA) is 113 Å². The monoisotopic (exact) mass is 335 g/mol. The average Bonchev–Trinajstić information content (AvgIpc) is 2.59. The van der Waals surface area contributed by atoms with Crippen LogP contribution in [0.3, 0.4) is 0 Å². The van der Waals surface area contributed by atoms with E-state index in [1.807, 2.05) is 13.0 Å². The fourth-order valence-corrected chi connectivity index (χ4v) is 2.22. The van der Waals surface area contributed by atoms with Crippen molar-refractivity contribution in [2.24, 2.45) is 5.73 Å². The van der Waals surface area contributed by atoms with Crippen LogP contribution in [0.4, 0.5) is 23.1 Å². The van der Waals surface area contributed by atoms with Gasteiger partial charge in [-0.1, -0.05) is 6.07 Å². The summed E-state index contributed by atoms with van der Waals surface area (Å²) in [6.07, 6.45) is 1.62. The maximum Gasteiger partial charge on any atom is 0.248 e. The maximum absolute atomic E-state index is 11.1. The highest BCUT2D eigenvalue weighted by molar-refractivity contribution is 5.93. The number of aromatic nitrogens is 2. The molecule has 7 nitrogen and oxygen atoms in total. The molecule has 3 aromatic rings. The maximum atomic E-state index is 11.1. The van der Waals surface area contributed by atoms with Crippen molar-refractivity contribution in [1.29, 1.82) is 0 Å². The number of hydrogen-bond acceptors (Lipinski definition) is 6. The first-order valence-corrected chi connectivity index (χ1v) is 7.58. The molecule has 126 valence electrons. The lowest BCUT2D eigenvalue weighted by Gasteiger charge is -2.11. The molecule has 0 aliphatic heterocycles. The summed E-state index contributed by atoms with van der Waals surface area (Å²) in [4.78, 5) is 19.6. The zero-order chi connectivity index (χ0) is 17.8. The molecule has 0 fully saturated rings. The minimum absolute atomic E-state index is 0.176. The Kier molecular flexibility index (Phi) is 4.47. The molecular formula is C18H17N5O2. The van der Waals surface area contributed by atoms with E-state index in [9.17, 15) is 9.90 Å². The smallest absolute Gasteiger partial charge is 0.248 e. The number of benzene rings is 2. The van der Waals surface area contributed by atoms with Crippen LogP contribution in [-0.4, -0.2) is 21.0 Å². The van der Waals surface area contributed by atoms with Gasteiger partial charge in [-0.3, -0.25) is 4.79 Å². The molecule has 25 heavy (non-hydrogen) atoms. The van der Waals surface area contributed by atoms with Crippen LogP contribution in [-0.2, 0) is 0 Å². The van der Waals surface area contributed by atoms with Crippen LogP contribution in [0.5, 0.6) is 5.75 Å². The molecular weight excluding hydrogens is 318 g/mol. The normalized spacial score (nSPS) is 10.3. The van der Waals surface area contributed by atoms with E-state index < -0.39 is 5.91 Å². The van der Waals surface area contributed by atoms with E-state index in [1.54, 1.807) is 48.7 Å². The SMILES string of the molecule is Cc1ccc(O)cc1Nc1ccnc(Nc2ccc(C(N)=O)cc2)n1. The van der Waals surface area contributed by atoms with E-state index in [1.165, 1.54) is 0 Å². The van der Waals surface area contributed by atoms with E-state index in [0.717, 1.165) is 16.9 Å².